The Labute approximate surface area is 94.4 Å². The van der Waals surface area contributed by atoms with Crippen molar-refractivity contribution in [2.75, 3.05) is 6.54 Å². The number of benzene rings is 1. The number of terminal acetylenes is 1. The molecule has 0 atom stereocenters. The standard InChI is InChI=1S/C11H11Cl2N/c1-2-3-6-14-8-9-4-5-10(12)7-11(9)13/h1,4-5,7,14H,3,6,8H2. The van der Waals surface area contributed by atoms with E-state index in [9.17, 15) is 0 Å². The van der Waals surface area contributed by atoms with Crippen molar-refractivity contribution in [3.63, 3.8) is 0 Å². The van der Waals surface area contributed by atoms with Crippen LogP contribution in [0.3, 0.4) is 0 Å². The summed E-state index contributed by atoms with van der Waals surface area (Å²) >= 11 is 11.7. The fourth-order valence-electron chi connectivity index (χ4n) is 1.05. The van der Waals surface area contributed by atoms with Crippen LogP contribution in [0.1, 0.15) is 12.0 Å². The Kier molecular flexibility index (Phi) is 4.82. The summed E-state index contributed by atoms with van der Waals surface area (Å²) in [6.07, 6.45) is 5.85. The predicted molar refractivity (Wildman–Crippen MR) is 61.6 cm³/mol. The third-order valence-corrected chi connectivity index (χ3v) is 2.36. The van der Waals surface area contributed by atoms with E-state index in [0.717, 1.165) is 25.1 Å². The Balaban J connectivity index is 2.47. The predicted octanol–water partition coefficient (Wildman–Crippen LogP) is 3.11. The lowest BCUT2D eigenvalue weighted by molar-refractivity contribution is 0.701. The minimum atomic E-state index is 0.655. The SMILES string of the molecule is C#CCCNCc1ccc(Cl)cc1Cl. The average Bonchev–Trinajstić information content (AvgIpc) is 2.15. The quantitative estimate of drug-likeness (QED) is 0.616. The Hall–Kier alpha value is -0.680. The van der Waals surface area contributed by atoms with Gasteiger partial charge in [0.15, 0.2) is 0 Å². The highest BCUT2D eigenvalue weighted by Gasteiger charge is 1.99. The van der Waals surface area contributed by atoms with E-state index in [0.29, 0.717) is 10.0 Å². The van der Waals surface area contributed by atoms with Crippen molar-refractivity contribution in [2.24, 2.45) is 0 Å². The first-order valence-corrected chi connectivity index (χ1v) is 5.07. The fraction of sp³-hybridized carbons (Fsp3) is 0.273. The molecule has 0 fully saturated rings. The van der Waals surface area contributed by atoms with Gasteiger partial charge in [-0.1, -0.05) is 29.3 Å². The lowest BCUT2D eigenvalue weighted by Crippen LogP contribution is -2.14. The summed E-state index contributed by atoms with van der Waals surface area (Å²) in [6, 6.07) is 5.47. The van der Waals surface area contributed by atoms with Crippen LogP contribution in [0.5, 0.6) is 0 Å². The molecule has 0 radical (unpaired) electrons. The van der Waals surface area contributed by atoms with Crippen LogP contribution in [0.25, 0.3) is 0 Å². The molecule has 1 aromatic carbocycles. The normalized spacial score (nSPS) is 9.79. The van der Waals surface area contributed by atoms with Gasteiger partial charge in [0.05, 0.1) is 0 Å². The Morgan fingerprint density at radius 2 is 2.14 bits per heavy atom. The molecule has 0 amide bonds. The number of nitrogens with one attached hydrogen (secondary N) is 1. The lowest BCUT2D eigenvalue weighted by Gasteiger charge is -2.05. The van der Waals surface area contributed by atoms with E-state index in [-0.39, 0.29) is 0 Å². The summed E-state index contributed by atoms with van der Waals surface area (Å²) in [5.41, 5.74) is 1.04. The average molecular weight is 228 g/mol. The molecule has 0 aromatic heterocycles. The van der Waals surface area contributed by atoms with Crippen molar-refractivity contribution in [1.82, 2.24) is 5.32 Å². The molecule has 0 spiro atoms. The maximum absolute atomic E-state index is 5.98. The summed E-state index contributed by atoms with van der Waals surface area (Å²) in [7, 11) is 0. The first-order chi connectivity index (χ1) is 6.74. The lowest BCUT2D eigenvalue weighted by atomic mass is 10.2. The summed E-state index contributed by atoms with van der Waals surface area (Å²) in [4.78, 5) is 0. The number of halogens is 2. The third-order valence-electron chi connectivity index (χ3n) is 1.78. The van der Waals surface area contributed by atoms with Crippen molar-refractivity contribution in [1.29, 1.82) is 0 Å². The molecule has 3 heteroatoms. The van der Waals surface area contributed by atoms with Gasteiger partial charge in [-0.3, -0.25) is 0 Å². The molecule has 0 heterocycles. The topological polar surface area (TPSA) is 12.0 Å². The molecule has 0 bridgehead atoms. The van der Waals surface area contributed by atoms with Crippen LogP contribution >= 0.6 is 23.2 Å². The van der Waals surface area contributed by atoms with Gasteiger partial charge in [-0.25, -0.2) is 0 Å². The molecule has 0 aliphatic carbocycles. The molecule has 1 aromatic rings. The molecule has 14 heavy (non-hydrogen) atoms. The summed E-state index contributed by atoms with van der Waals surface area (Å²) in [5.74, 6) is 2.56. The van der Waals surface area contributed by atoms with Gasteiger partial charge in [-0.05, 0) is 17.7 Å². The number of rotatable bonds is 4. The van der Waals surface area contributed by atoms with Crippen LogP contribution in [0.15, 0.2) is 18.2 Å². The molecular formula is C11H11Cl2N. The molecule has 1 rings (SSSR count). The summed E-state index contributed by atoms with van der Waals surface area (Å²) in [5, 5.41) is 4.53. The third kappa shape index (κ3) is 3.59. The highest BCUT2D eigenvalue weighted by atomic mass is 35.5. The van der Waals surface area contributed by atoms with E-state index >= 15 is 0 Å². The highest BCUT2D eigenvalue weighted by Crippen LogP contribution is 2.20. The van der Waals surface area contributed by atoms with E-state index in [1.54, 1.807) is 6.07 Å². The maximum atomic E-state index is 5.98. The molecule has 0 saturated carbocycles. The van der Waals surface area contributed by atoms with E-state index in [1.807, 2.05) is 12.1 Å². The van der Waals surface area contributed by atoms with Crippen LogP contribution in [-0.4, -0.2) is 6.54 Å². The van der Waals surface area contributed by atoms with Gasteiger partial charge in [-0.15, -0.1) is 12.3 Å². The van der Waals surface area contributed by atoms with Gasteiger partial charge < -0.3 is 5.32 Å². The van der Waals surface area contributed by atoms with Gasteiger partial charge in [0.2, 0.25) is 0 Å². The second-order valence-corrected chi connectivity index (χ2v) is 3.71. The zero-order chi connectivity index (χ0) is 10.4. The summed E-state index contributed by atoms with van der Waals surface area (Å²) in [6.45, 7) is 1.52. The first kappa shape index (κ1) is 11.4. The molecule has 0 unspecified atom stereocenters. The van der Waals surface area contributed by atoms with E-state index < -0.39 is 0 Å². The Morgan fingerprint density at radius 3 is 2.79 bits per heavy atom. The molecule has 1 nitrogen and oxygen atoms in total. The Bertz CT molecular complexity index is 342. The Morgan fingerprint density at radius 1 is 1.36 bits per heavy atom. The highest BCUT2D eigenvalue weighted by molar-refractivity contribution is 6.35. The molecule has 1 N–H and O–H groups in total. The van der Waals surface area contributed by atoms with Gasteiger partial charge >= 0.3 is 0 Å². The van der Waals surface area contributed by atoms with Crippen molar-refractivity contribution >= 4 is 23.2 Å². The van der Waals surface area contributed by atoms with Crippen molar-refractivity contribution in [3.8, 4) is 12.3 Å². The minimum Gasteiger partial charge on any atom is -0.312 e. The molecule has 0 aliphatic rings. The number of hydrogen-bond donors (Lipinski definition) is 1. The first-order valence-electron chi connectivity index (χ1n) is 4.32. The van der Waals surface area contributed by atoms with Crippen LogP contribution in [0, 0.1) is 12.3 Å². The number of hydrogen-bond acceptors (Lipinski definition) is 1. The van der Waals surface area contributed by atoms with Gasteiger partial charge in [-0.2, -0.15) is 0 Å². The van der Waals surface area contributed by atoms with Gasteiger partial charge in [0.1, 0.15) is 0 Å². The minimum absolute atomic E-state index is 0.655. The van der Waals surface area contributed by atoms with Crippen LogP contribution < -0.4 is 5.32 Å². The van der Waals surface area contributed by atoms with E-state index in [4.69, 9.17) is 29.6 Å². The molecule has 0 aliphatic heterocycles. The summed E-state index contributed by atoms with van der Waals surface area (Å²) < 4.78 is 0. The van der Waals surface area contributed by atoms with Crippen LogP contribution in [0.2, 0.25) is 10.0 Å². The second-order valence-electron chi connectivity index (χ2n) is 2.87. The van der Waals surface area contributed by atoms with Crippen molar-refractivity contribution in [3.05, 3.63) is 33.8 Å². The van der Waals surface area contributed by atoms with Crippen molar-refractivity contribution in [2.45, 2.75) is 13.0 Å². The monoisotopic (exact) mass is 227 g/mol. The second kappa shape index (κ2) is 5.93. The van der Waals surface area contributed by atoms with Crippen LogP contribution in [-0.2, 0) is 6.54 Å². The van der Waals surface area contributed by atoms with Crippen LogP contribution in [0.4, 0.5) is 0 Å². The van der Waals surface area contributed by atoms with Gasteiger partial charge in [0, 0.05) is 29.6 Å². The smallest absolute Gasteiger partial charge is 0.0465 e. The zero-order valence-electron chi connectivity index (χ0n) is 7.69. The van der Waals surface area contributed by atoms with Gasteiger partial charge in [0.25, 0.3) is 0 Å². The zero-order valence-corrected chi connectivity index (χ0v) is 9.20. The molecule has 0 saturated heterocycles. The van der Waals surface area contributed by atoms with E-state index in [2.05, 4.69) is 11.2 Å². The fourth-order valence-corrected chi connectivity index (χ4v) is 1.52. The van der Waals surface area contributed by atoms with E-state index in [1.165, 1.54) is 0 Å². The van der Waals surface area contributed by atoms with Crippen molar-refractivity contribution < 1.29 is 0 Å². The molecule has 74 valence electrons. The maximum Gasteiger partial charge on any atom is 0.0465 e. The largest absolute Gasteiger partial charge is 0.312 e. The molecular weight excluding hydrogens is 217 g/mol.